The summed E-state index contributed by atoms with van der Waals surface area (Å²) in [7, 11) is 4.11. The van der Waals surface area contributed by atoms with Crippen molar-refractivity contribution in [2.24, 2.45) is 0 Å². The summed E-state index contributed by atoms with van der Waals surface area (Å²) in [5, 5.41) is 3.48. The largest absolute Gasteiger partial charge is 0.379 e. The van der Waals surface area contributed by atoms with Crippen molar-refractivity contribution in [2.75, 3.05) is 46.7 Å². The average molecular weight is 282 g/mol. The molecule has 0 bridgehead atoms. The Kier molecular flexibility index (Phi) is 8.14. The highest BCUT2D eigenvalue weighted by molar-refractivity contribution is 7.98. The van der Waals surface area contributed by atoms with Gasteiger partial charge in [-0.2, -0.15) is 0 Å². The van der Waals surface area contributed by atoms with E-state index in [1.54, 1.807) is 11.8 Å². The van der Waals surface area contributed by atoms with E-state index in [0.29, 0.717) is 6.04 Å². The molecule has 0 saturated heterocycles. The van der Waals surface area contributed by atoms with Crippen molar-refractivity contribution in [3.63, 3.8) is 0 Å². The van der Waals surface area contributed by atoms with Crippen LogP contribution in [-0.4, -0.2) is 51.6 Å². The lowest BCUT2D eigenvalue weighted by molar-refractivity contribution is 0.118. The van der Waals surface area contributed by atoms with Crippen LogP contribution in [0, 0.1) is 0 Å². The molecule has 0 heterocycles. The van der Waals surface area contributed by atoms with Gasteiger partial charge in [0.2, 0.25) is 0 Å². The van der Waals surface area contributed by atoms with Gasteiger partial charge >= 0.3 is 0 Å². The van der Waals surface area contributed by atoms with Crippen LogP contribution in [0.2, 0.25) is 0 Å². The average Bonchev–Trinajstić information content (AvgIpc) is 2.42. The van der Waals surface area contributed by atoms with E-state index < -0.39 is 0 Å². The lowest BCUT2D eigenvalue weighted by Gasteiger charge is -2.15. The SMILES string of the molecule is CSc1ccc(C(C)NCCOCCN(C)C)cc1. The zero-order valence-electron chi connectivity index (χ0n) is 12.5. The number of nitrogens with zero attached hydrogens (tertiary/aromatic N) is 1. The fraction of sp³-hybridized carbons (Fsp3) is 0.600. The second-order valence-electron chi connectivity index (χ2n) is 4.86. The number of likely N-dealkylation sites (N-methyl/N-ethyl adjacent to an activating group) is 1. The van der Waals surface area contributed by atoms with Crippen molar-refractivity contribution < 1.29 is 4.74 Å². The van der Waals surface area contributed by atoms with Gasteiger partial charge in [0, 0.05) is 24.0 Å². The standard InChI is InChI=1S/C15H26N2OS/c1-13(14-5-7-15(19-4)8-6-14)16-9-11-18-12-10-17(2)3/h5-8,13,16H,9-12H2,1-4H3. The van der Waals surface area contributed by atoms with Gasteiger partial charge in [0.25, 0.3) is 0 Å². The number of nitrogens with one attached hydrogen (secondary N) is 1. The molecular weight excluding hydrogens is 256 g/mol. The minimum atomic E-state index is 0.369. The quantitative estimate of drug-likeness (QED) is 0.556. The zero-order valence-corrected chi connectivity index (χ0v) is 13.3. The van der Waals surface area contributed by atoms with Crippen molar-refractivity contribution in [3.05, 3.63) is 29.8 Å². The molecule has 0 aliphatic heterocycles. The third kappa shape index (κ3) is 6.97. The van der Waals surface area contributed by atoms with Crippen molar-refractivity contribution in [1.82, 2.24) is 10.2 Å². The van der Waals surface area contributed by atoms with E-state index >= 15 is 0 Å². The van der Waals surface area contributed by atoms with Crippen LogP contribution in [0.4, 0.5) is 0 Å². The first kappa shape index (κ1) is 16.5. The molecule has 1 N–H and O–H groups in total. The Bertz CT molecular complexity index is 341. The molecule has 0 aliphatic rings. The summed E-state index contributed by atoms with van der Waals surface area (Å²) in [6.07, 6.45) is 2.10. The highest BCUT2D eigenvalue weighted by Crippen LogP contribution is 2.18. The minimum absolute atomic E-state index is 0.369. The molecule has 0 saturated carbocycles. The maximum atomic E-state index is 5.56. The van der Waals surface area contributed by atoms with Crippen LogP contribution in [0.5, 0.6) is 0 Å². The van der Waals surface area contributed by atoms with Crippen LogP contribution in [0.3, 0.4) is 0 Å². The molecule has 19 heavy (non-hydrogen) atoms. The van der Waals surface area contributed by atoms with Gasteiger partial charge in [0.1, 0.15) is 0 Å². The van der Waals surface area contributed by atoms with E-state index in [4.69, 9.17) is 4.74 Å². The Morgan fingerprint density at radius 1 is 1.21 bits per heavy atom. The maximum absolute atomic E-state index is 5.56. The second kappa shape index (κ2) is 9.37. The molecule has 0 amide bonds. The summed E-state index contributed by atoms with van der Waals surface area (Å²) in [5.74, 6) is 0. The Morgan fingerprint density at radius 2 is 1.89 bits per heavy atom. The molecule has 0 aliphatic carbocycles. The second-order valence-corrected chi connectivity index (χ2v) is 5.74. The monoisotopic (exact) mass is 282 g/mol. The summed E-state index contributed by atoms with van der Waals surface area (Å²) in [5.41, 5.74) is 1.33. The normalized spacial score (nSPS) is 12.9. The third-order valence-electron chi connectivity index (χ3n) is 3.00. The van der Waals surface area contributed by atoms with E-state index in [0.717, 1.165) is 26.3 Å². The highest BCUT2D eigenvalue weighted by Gasteiger charge is 2.04. The summed E-state index contributed by atoms with van der Waals surface area (Å²) in [6.45, 7) is 5.62. The molecule has 1 aromatic carbocycles. The molecule has 3 nitrogen and oxygen atoms in total. The highest BCUT2D eigenvalue weighted by atomic mass is 32.2. The number of hydrogen-bond donors (Lipinski definition) is 1. The zero-order chi connectivity index (χ0) is 14.1. The fourth-order valence-electron chi connectivity index (χ4n) is 1.71. The Morgan fingerprint density at radius 3 is 2.47 bits per heavy atom. The van der Waals surface area contributed by atoms with Crippen LogP contribution in [0.15, 0.2) is 29.2 Å². The first-order valence-electron chi connectivity index (χ1n) is 6.73. The Balaban J connectivity index is 2.17. The molecule has 0 radical (unpaired) electrons. The number of hydrogen-bond acceptors (Lipinski definition) is 4. The molecular formula is C15H26N2OS. The van der Waals surface area contributed by atoms with E-state index in [9.17, 15) is 0 Å². The summed E-state index contributed by atoms with van der Waals surface area (Å²) < 4.78 is 5.56. The van der Waals surface area contributed by atoms with Gasteiger partial charge in [-0.1, -0.05) is 12.1 Å². The van der Waals surface area contributed by atoms with E-state index in [1.165, 1.54) is 10.5 Å². The first-order chi connectivity index (χ1) is 9.13. The van der Waals surface area contributed by atoms with Gasteiger partial charge in [-0.15, -0.1) is 11.8 Å². The predicted octanol–water partition coefficient (Wildman–Crippen LogP) is 2.64. The molecule has 1 unspecified atom stereocenters. The molecule has 0 fully saturated rings. The first-order valence-corrected chi connectivity index (χ1v) is 7.95. The van der Waals surface area contributed by atoms with Gasteiger partial charge in [-0.3, -0.25) is 0 Å². The number of rotatable bonds is 9. The van der Waals surface area contributed by atoms with Crippen LogP contribution >= 0.6 is 11.8 Å². The number of benzene rings is 1. The summed E-state index contributed by atoms with van der Waals surface area (Å²) in [6, 6.07) is 9.10. The topological polar surface area (TPSA) is 24.5 Å². The number of ether oxygens (including phenoxy) is 1. The van der Waals surface area contributed by atoms with Crippen molar-refractivity contribution in [3.8, 4) is 0 Å². The minimum Gasteiger partial charge on any atom is -0.379 e. The molecule has 4 heteroatoms. The van der Waals surface area contributed by atoms with E-state index in [-0.39, 0.29) is 0 Å². The molecule has 108 valence electrons. The molecule has 0 aromatic heterocycles. The van der Waals surface area contributed by atoms with Crippen LogP contribution < -0.4 is 5.32 Å². The van der Waals surface area contributed by atoms with Crippen molar-refractivity contribution in [1.29, 1.82) is 0 Å². The maximum Gasteiger partial charge on any atom is 0.0593 e. The van der Waals surface area contributed by atoms with Crippen LogP contribution in [0.1, 0.15) is 18.5 Å². The predicted molar refractivity (Wildman–Crippen MR) is 84.0 cm³/mol. The Labute approximate surface area is 121 Å². The molecule has 1 rings (SSSR count). The van der Waals surface area contributed by atoms with Crippen molar-refractivity contribution in [2.45, 2.75) is 17.9 Å². The van der Waals surface area contributed by atoms with E-state index in [2.05, 4.69) is 61.8 Å². The summed E-state index contributed by atoms with van der Waals surface area (Å²) >= 11 is 1.77. The Hall–Kier alpha value is -0.550. The molecule has 1 atom stereocenters. The van der Waals surface area contributed by atoms with Crippen molar-refractivity contribution >= 4 is 11.8 Å². The van der Waals surface area contributed by atoms with Gasteiger partial charge in [0.15, 0.2) is 0 Å². The smallest absolute Gasteiger partial charge is 0.0593 e. The third-order valence-corrected chi connectivity index (χ3v) is 3.74. The van der Waals surface area contributed by atoms with Gasteiger partial charge < -0.3 is 15.0 Å². The summed E-state index contributed by atoms with van der Waals surface area (Å²) in [4.78, 5) is 3.44. The number of thioether (sulfide) groups is 1. The lowest BCUT2D eigenvalue weighted by Crippen LogP contribution is -2.25. The lowest BCUT2D eigenvalue weighted by atomic mass is 10.1. The van der Waals surface area contributed by atoms with Crippen LogP contribution in [0.25, 0.3) is 0 Å². The van der Waals surface area contributed by atoms with Gasteiger partial charge in [-0.05, 0) is 45.0 Å². The molecule has 0 spiro atoms. The fourth-order valence-corrected chi connectivity index (χ4v) is 2.12. The van der Waals surface area contributed by atoms with Crippen LogP contribution in [-0.2, 0) is 4.74 Å². The van der Waals surface area contributed by atoms with Gasteiger partial charge in [0.05, 0.1) is 13.2 Å². The van der Waals surface area contributed by atoms with Gasteiger partial charge in [-0.25, -0.2) is 0 Å². The van der Waals surface area contributed by atoms with E-state index in [1.807, 2.05) is 0 Å². The molecule has 1 aromatic rings.